The van der Waals surface area contributed by atoms with Crippen molar-refractivity contribution in [3.05, 3.63) is 12.2 Å². The van der Waals surface area contributed by atoms with E-state index in [2.05, 4.69) is 27.4 Å². The molecule has 22 heavy (non-hydrogen) atoms. The van der Waals surface area contributed by atoms with Crippen LogP contribution in [0.5, 0.6) is 0 Å². The minimum absolute atomic E-state index is 0.902. The normalized spacial score (nSPS) is 12.5. The van der Waals surface area contributed by atoms with Crippen molar-refractivity contribution in [3.63, 3.8) is 0 Å². The van der Waals surface area contributed by atoms with Crippen molar-refractivity contribution in [1.82, 2.24) is 0 Å². The predicted molar refractivity (Wildman–Crippen MR) is 104 cm³/mol. The molecule has 0 aliphatic heterocycles. The maximum Gasteiger partial charge on any atom is -0.0295 e. The van der Waals surface area contributed by atoms with Gasteiger partial charge in [0.1, 0.15) is 0 Å². The average molecular weight is 309 g/mol. The van der Waals surface area contributed by atoms with E-state index in [1.165, 1.54) is 108 Å². The molecule has 0 aromatic rings. The first-order valence-electron chi connectivity index (χ1n) is 10.4. The lowest BCUT2D eigenvalue weighted by atomic mass is 9.90. The van der Waals surface area contributed by atoms with Crippen molar-refractivity contribution in [2.45, 2.75) is 124 Å². The second kappa shape index (κ2) is 17.1. The van der Waals surface area contributed by atoms with Gasteiger partial charge in [0, 0.05) is 0 Å². The van der Waals surface area contributed by atoms with Gasteiger partial charge in [0.25, 0.3) is 0 Å². The Morgan fingerprint density at radius 2 is 1.18 bits per heavy atom. The summed E-state index contributed by atoms with van der Waals surface area (Å²) in [7, 11) is 0. The minimum Gasteiger partial charge on any atom is -0.0999 e. The molecule has 0 aliphatic carbocycles. The first-order valence-corrected chi connectivity index (χ1v) is 10.4. The molecule has 0 heteroatoms. The van der Waals surface area contributed by atoms with E-state index < -0.39 is 0 Å². The van der Waals surface area contributed by atoms with Crippen LogP contribution in [0.15, 0.2) is 12.2 Å². The molecule has 0 nitrogen and oxygen atoms in total. The van der Waals surface area contributed by atoms with E-state index in [0.29, 0.717) is 0 Å². The summed E-state index contributed by atoms with van der Waals surface area (Å²) in [5, 5.41) is 0. The molecule has 0 heterocycles. The molecule has 0 fully saturated rings. The van der Waals surface area contributed by atoms with Crippen molar-refractivity contribution in [2.24, 2.45) is 5.92 Å². The molecular formula is C22H44. The van der Waals surface area contributed by atoms with Gasteiger partial charge in [-0.25, -0.2) is 0 Å². The molecule has 0 spiro atoms. The molecule has 0 rings (SSSR count). The van der Waals surface area contributed by atoms with Crippen LogP contribution >= 0.6 is 0 Å². The summed E-state index contributed by atoms with van der Waals surface area (Å²) < 4.78 is 0. The Hall–Kier alpha value is -0.260. The van der Waals surface area contributed by atoms with Crippen molar-refractivity contribution in [1.29, 1.82) is 0 Å². The van der Waals surface area contributed by atoms with E-state index >= 15 is 0 Å². The Morgan fingerprint density at radius 1 is 0.682 bits per heavy atom. The summed E-state index contributed by atoms with van der Waals surface area (Å²) in [5.41, 5.74) is 1.52. The van der Waals surface area contributed by atoms with Crippen molar-refractivity contribution in [3.8, 4) is 0 Å². The summed E-state index contributed by atoms with van der Waals surface area (Å²) in [6.07, 6.45) is 22.3. The van der Waals surface area contributed by atoms with E-state index in [4.69, 9.17) is 0 Å². The summed E-state index contributed by atoms with van der Waals surface area (Å²) in [6, 6.07) is 0. The topological polar surface area (TPSA) is 0 Å². The van der Waals surface area contributed by atoms with Crippen LogP contribution in [0.3, 0.4) is 0 Å². The van der Waals surface area contributed by atoms with Gasteiger partial charge in [-0.05, 0) is 25.2 Å². The molecular weight excluding hydrogens is 264 g/mol. The highest BCUT2D eigenvalue weighted by Crippen LogP contribution is 2.24. The highest BCUT2D eigenvalue weighted by Gasteiger charge is 2.08. The van der Waals surface area contributed by atoms with Gasteiger partial charge >= 0.3 is 0 Å². The average Bonchev–Trinajstić information content (AvgIpc) is 2.52. The number of allylic oxidation sites excluding steroid dienone is 1. The van der Waals surface area contributed by atoms with Crippen LogP contribution in [0.2, 0.25) is 0 Å². The Bertz CT molecular complexity index is 228. The number of hydrogen-bond acceptors (Lipinski definition) is 0. The fourth-order valence-corrected chi connectivity index (χ4v) is 3.33. The third kappa shape index (κ3) is 14.7. The Kier molecular flexibility index (Phi) is 16.9. The molecule has 0 N–H and O–H groups in total. The molecule has 1 unspecified atom stereocenters. The second-order valence-electron chi connectivity index (χ2n) is 7.30. The summed E-state index contributed by atoms with van der Waals surface area (Å²) in [6.45, 7) is 11.3. The zero-order valence-electron chi connectivity index (χ0n) is 16.1. The maximum absolute atomic E-state index is 4.35. The van der Waals surface area contributed by atoms with E-state index in [9.17, 15) is 0 Å². The standard InChI is InChI=1S/C22H44/c1-5-8-10-12-14-16-18-21(4)20-22(7-3)19-17-15-13-11-9-6-2/h22H,4-20H2,1-3H3. The van der Waals surface area contributed by atoms with Gasteiger partial charge in [0.15, 0.2) is 0 Å². The molecule has 0 aromatic heterocycles. The Morgan fingerprint density at radius 3 is 1.73 bits per heavy atom. The van der Waals surface area contributed by atoms with Crippen LogP contribution in [0, 0.1) is 5.92 Å². The van der Waals surface area contributed by atoms with E-state index in [0.717, 1.165) is 5.92 Å². The van der Waals surface area contributed by atoms with Crippen molar-refractivity contribution in [2.75, 3.05) is 0 Å². The molecule has 0 aliphatic rings. The van der Waals surface area contributed by atoms with E-state index in [1.54, 1.807) is 0 Å². The quantitative estimate of drug-likeness (QED) is 0.187. The largest absolute Gasteiger partial charge is 0.0999 e. The van der Waals surface area contributed by atoms with Gasteiger partial charge in [0.05, 0.1) is 0 Å². The highest BCUT2D eigenvalue weighted by atomic mass is 14.1. The fourth-order valence-electron chi connectivity index (χ4n) is 3.33. The first-order chi connectivity index (χ1) is 10.7. The van der Waals surface area contributed by atoms with Crippen LogP contribution in [0.25, 0.3) is 0 Å². The fraction of sp³-hybridized carbons (Fsp3) is 0.909. The van der Waals surface area contributed by atoms with E-state index in [1.807, 2.05) is 0 Å². The van der Waals surface area contributed by atoms with Gasteiger partial charge in [-0.15, -0.1) is 0 Å². The van der Waals surface area contributed by atoms with Crippen LogP contribution in [0.1, 0.15) is 124 Å². The minimum atomic E-state index is 0.902. The lowest BCUT2D eigenvalue weighted by Crippen LogP contribution is -2.01. The number of hydrogen-bond donors (Lipinski definition) is 0. The van der Waals surface area contributed by atoms with Gasteiger partial charge in [0.2, 0.25) is 0 Å². The highest BCUT2D eigenvalue weighted by molar-refractivity contribution is 4.95. The summed E-state index contributed by atoms with van der Waals surface area (Å²) >= 11 is 0. The van der Waals surface area contributed by atoms with Crippen LogP contribution in [-0.4, -0.2) is 0 Å². The maximum atomic E-state index is 4.35. The monoisotopic (exact) mass is 308 g/mol. The molecule has 132 valence electrons. The molecule has 1 atom stereocenters. The molecule has 0 saturated carbocycles. The van der Waals surface area contributed by atoms with Crippen molar-refractivity contribution >= 4 is 0 Å². The van der Waals surface area contributed by atoms with Crippen LogP contribution in [0.4, 0.5) is 0 Å². The molecule has 0 saturated heterocycles. The lowest BCUT2D eigenvalue weighted by molar-refractivity contribution is 0.429. The lowest BCUT2D eigenvalue weighted by Gasteiger charge is -2.16. The van der Waals surface area contributed by atoms with Gasteiger partial charge in [-0.3, -0.25) is 0 Å². The predicted octanol–water partition coefficient (Wildman–Crippen LogP) is 8.46. The third-order valence-corrected chi connectivity index (χ3v) is 5.00. The molecule has 0 amide bonds. The Balaban J connectivity index is 3.54. The van der Waals surface area contributed by atoms with Crippen LogP contribution in [-0.2, 0) is 0 Å². The SMILES string of the molecule is C=C(CCCCCCCC)CC(CC)CCCCCCCC. The number of unbranched alkanes of at least 4 members (excludes halogenated alkanes) is 10. The van der Waals surface area contributed by atoms with Crippen molar-refractivity contribution < 1.29 is 0 Å². The number of rotatable bonds is 17. The molecule has 0 bridgehead atoms. The van der Waals surface area contributed by atoms with Gasteiger partial charge in [-0.1, -0.05) is 116 Å². The third-order valence-electron chi connectivity index (χ3n) is 5.00. The summed E-state index contributed by atoms with van der Waals surface area (Å²) in [4.78, 5) is 0. The zero-order chi connectivity index (χ0) is 16.5. The van der Waals surface area contributed by atoms with Gasteiger partial charge in [-0.2, -0.15) is 0 Å². The molecule has 0 aromatic carbocycles. The van der Waals surface area contributed by atoms with Crippen LogP contribution < -0.4 is 0 Å². The second-order valence-corrected chi connectivity index (χ2v) is 7.30. The van der Waals surface area contributed by atoms with E-state index in [-0.39, 0.29) is 0 Å². The zero-order valence-corrected chi connectivity index (χ0v) is 16.1. The first kappa shape index (κ1) is 21.7. The Labute approximate surface area is 142 Å². The molecule has 0 radical (unpaired) electrons. The summed E-state index contributed by atoms with van der Waals surface area (Å²) in [5.74, 6) is 0.902. The van der Waals surface area contributed by atoms with Gasteiger partial charge < -0.3 is 0 Å². The smallest absolute Gasteiger partial charge is 0.0295 e.